The summed E-state index contributed by atoms with van der Waals surface area (Å²) in [7, 11) is 0. The van der Waals surface area contributed by atoms with Crippen molar-refractivity contribution in [1.82, 2.24) is 14.5 Å². The predicted octanol–water partition coefficient (Wildman–Crippen LogP) is 14.4. The van der Waals surface area contributed by atoms with Crippen molar-refractivity contribution in [2.24, 2.45) is 5.41 Å². The molecule has 0 spiro atoms. The molecule has 9 rings (SSSR count). The zero-order valence-corrected chi connectivity index (χ0v) is 36.3. The zero-order chi connectivity index (χ0) is 43.3. The van der Waals surface area contributed by atoms with Crippen LogP contribution in [0.4, 0.5) is 0 Å². The molecule has 1 radical (unpaired) electrons. The van der Waals surface area contributed by atoms with E-state index in [9.17, 15) is 0 Å². The van der Waals surface area contributed by atoms with Gasteiger partial charge in [0.1, 0.15) is 5.58 Å². The normalized spacial score (nSPS) is 13.2. The summed E-state index contributed by atoms with van der Waals surface area (Å²) < 4.78 is 42.6. The van der Waals surface area contributed by atoms with Crippen molar-refractivity contribution in [2.75, 3.05) is 0 Å². The molecule has 58 heavy (non-hydrogen) atoms. The molecule has 293 valence electrons. The van der Waals surface area contributed by atoms with Gasteiger partial charge in [0.15, 0.2) is 0 Å². The van der Waals surface area contributed by atoms with E-state index < -0.39 is 23.6 Å². The summed E-state index contributed by atoms with van der Waals surface area (Å²) >= 11 is 0. The number of rotatable bonds is 7. The quantitative estimate of drug-likeness (QED) is 0.150. The van der Waals surface area contributed by atoms with Crippen molar-refractivity contribution >= 4 is 32.7 Å². The fraction of sp³-hybridized carbons (Fsp3) is 0.208. The first kappa shape index (κ1) is 35.5. The van der Waals surface area contributed by atoms with Crippen LogP contribution in [-0.2, 0) is 26.5 Å². The molecule has 0 saturated heterocycles. The van der Waals surface area contributed by atoms with Gasteiger partial charge in [-0.15, -0.1) is 54.1 Å². The largest absolute Gasteiger partial charge is 0.501 e. The van der Waals surface area contributed by atoms with Gasteiger partial charge >= 0.3 is 0 Å². The molecule has 0 aliphatic rings. The fourth-order valence-electron chi connectivity index (χ4n) is 7.45. The van der Waals surface area contributed by atoms with Gasteiger partial charge in [-0.1, -0.05) is 138 Å². The molecule has 0 fully saturated rings. The van der Waals surface area contributed by atoms with E-state index >= 15 is 0 Å². The molecule has 6 aromatic carbocycles. The minimum absolute atomic E-state index is 0. The Hall–Kier alpha value is -5.61. The second kappa shape index (κ2) is 17.1. The number of benzene rings is 6. The molecule has 0 N–H and O–H groups in total. The number of imidazole rings is 1. The summed E-state index contributed by atoms with van der Waals surface area (Å²) in [5.41, 5.74) is 8.96. The second-order valence-corrected chi connectivity index (χ2v) is 15.8. The minimum atomic E-state index is -1.43. The SMILES string of the molecule is [2H]C(C)(C)c1cccc(C([2H])(C)C)c1-n1ccnc1-c1[c-]cccc1.[2H]C([2H])(c1ccc(-c2ccnc(-c3[c-]ccc4c3oc3ccc5ccccc5c34)c2)cc1)C(C)(C)C.[Ir]. The van der Waals surface area contributed by atoms with Crippen LogP contribution in [0, 0.1) is 17.5 Å². The molecule has 0 aliphatic carbocycles. The summed E-state index contributed by atoms with van der Waals surface area (Å²) in [6, 6.07) is 48.4. The van der Waals surface area contributed by atoms with Gasteiger partial charge in [0.2, 0.25) is 0 Å². The van der Waals surface area contributed by atoms with Crippen molar-refractivity contribution in [3.05, 3.63) is 175 Å². The number of para-hydroxylation sites is 1. The number of fused-ring (bicyclic) bond motifs is 5. The molecule has 4 nitrogen and oxygen atoms in total. The van der Waals surface area contributed by atoms with Crippen LogP contribution in [0.1, 0.15) is 82.4 Å². The molecular formula is C53H49IrN3O-2. The van der Waals surface area contributed by atoms with Crippen molar-refractivity contribution in [1.29, 1.82) is 0 Å². The Morgan fingerprint density at radius 3 is 2.17 bits per heavy atom. The van der Waals surface area contributed by atoms with Crippen molar-refractivity contribution < 1.29 is 30.0 Å². The van der Waals surface area contributed by atoms with E-state index in [2.05, 4.69) is 58.5 Å². The third kappa shape index (κ3) is 8.34. The van der Waals surface area contributed by atoms with Gasteiger partial charge < -0.3 is 14.0 Å². The average Bonchev–Trinajstić information content (AvgIpc) is 3.89. The van der Waals surface area contributed by atoms with Gasteiger partial charge in [-0.3, -0.25) is 4.98 Å². The Morgan fingerprint density at radius 2 is 1.47 bits per heavy atom. The molecule has 9 aromatic rings. The van der Waals surface area contributed by atoms with E-state index in [4.69, 9.17) is 9.90 Å². The summed E-state index contributed by atoms with van der Waals surface area (Å²) in [5.74, 6) is -0.820. The average molecular weight is 940 g/mol. The molecule has 3 aromatic heterocycles. The first-order valence-corrected chi connectivity index (χ1v) is 19.4. The van der Waals surface area contributed by atoms with Gasteiger partial charge in [0.25, 0.3) is 0 Å². The fourth-order valence-corrected chi connectivity index (χ4v) is 7.45. The van der Waals surface area contributed by atoms with E-state index in [0.29, 0.717) is 5.56 Å². The third-order valence-corrected chi connectivity index (χ3v) is 10.0. The standard InChI is InChI=1S/C32H26NO.C21H23N2.Ir/c1-32(2,3)20-21-11-13-22(14-12-21)24-17-18-33-28(19-24)26-9-6-10-27-30-25-8-5-4-7-23(25)15-16-29(30)34-31(26)27;1-15(2)18-11-8-12-19(16(3)4)20(18)23-14-13-22-21(23)17-9-6-5-7-10-17;/h4-8,10-19H,20H2,1-3H3;5-9,11-16H,1-4H3;/q2*-1;/i20D2;15D,16D;. The third-order valence-electron chi connectivity index (χ3n) is 10.0. The molecule has 0 atom stereocenters. The number of hydrogen-bond donors (Lipinski definition) is 0. The number of nitrogens with zero attached hydrogens (tertiary/aromatic N) is 3. The summed E-state index contributed by atoms with van der Waals surface area (Å²) in [4.78, 5) is 9.17. The van der Waals surface area contributed by atoms with Crippen molar-refractivity contribution in [3.8, 4) is 39.5 Å². The second-order valence-electron chi connectivity index (χ2n) is 15.8. The Kier molecular flexibility index (Phi) is 10.5. The summed E-state index contributed by atoms with van der Waals surface area (Å²) in [6.07, 6.45) is 4.03. The van der Waals surface area contributed by atoms with Gasteiger partial charge in [0, 0.05) is 55.3 Å². The van der Waals surface area contributed by atoms with Gasteiger partial charge in [0.05, 0.1) is 11.4 Å². The van der Waals surface area contributed by atoms with Crippen LogP contribution in [0.25, 0.3) is 72.2 Å². The van der Waals surface area contributed by atoms with Crippen molar-refractivity contribution in [3.63, 3.8) is 0 Å². The molecule has 0 aliphatic heterocycles. The molecule has 5 heteroatoms. The predicted molar refractivity (Wildman–Crippen MR) is 238 cm³/mol. The topological polar surface area (TPSA) is 43.9 Å². The van der Waals surface area contributed by atoms with E-state index in [1.165, 1.54) is 10.8 Å². The minimum Gasteiger partial charge on any atom is -0.501 e. The van der Waals surface area contributed by atoms with Crippen LogP contribution in [-0.4, -0.2) is 14.5 Å². The molecule has 0 unspecified atom stereocenters. The van der Waals surface area contributed by atoms with E-state index in [1.54, 1.807) is 12.4 Å². The Morgan fingerprint density at radius 1 is 0.724 bits per heavy atom. The summed E-state index contributed by atoms with van der Waals surface area (Å²) in [5, 5.41) is 4.51. The maximum atomic E-state index is 8.59. The first-order chi connectivity index (χ1) is 28.9. The van der Waals surface area contributed by atoms with E-state index in [-0.39, 0.29) is 20.1 Å². The molecule has 0 amide bonds. The monoisotopic (exact) mass is 940 g/mol. The smallest absolute Gasteiger partial charge is 0.121 e. The van der Waals surface area contributed by atoms with Crippen LogP contribution < -0.4 is 0 Å². The Bertz CT molecular complexity index is 2980. The van der Waals surface area contributed by atoms with Crippen LogP contribution in [0.15, 0.2) is 150 Å². The number of pyridine rings is 1. The van der Waals surface area contributed by atoms with Crippen LogP contribution >= 0.6 is 0 Å². The first-order valence-electron chi connectivity index (χ1n) is 21.4. The number of aromatic nitrogens is 3. The van der Waals surface area contributed by atoms with Crippen LogP contribution in [0.5, 0.6) is 0 Å². The molecule has 0 bridgehead atoms. The zero-order valence-electron chi connectivity index (χ0n) is 37.9. The van der Waals surface area contributed by atoms with Crippen LogP contribution in [0.2, 0.25) is 0 Å². The van der Waals surface area contributed by atoms with E-state index in [1.807, 2.05) is 150 Å². The maximum Gasteiger partial charge on any atom is 0.121 e. The van der Waals surface area contributed by atoms with Gasteiger partial charge in [-0.05, 0) is 80.0 Å². The van der Waals surface area contributed by atoms with Crippen molar-refractivity contribution in [2.45, 2.75) is 66.6 Å². The number of hydrogen-bond acceptors (Lipinski definition) is 3. The summed E-state index contributed by atoms with van der Waals surface area (Å²) in [6.45, 7) is 13.3. The van der Waals surface area contributed by atoms with Gasteiger partial charge in [-0.25, -0.2) is 0 Å². The van der Waals surface area contributed by atoms with Crippen LogP contribution in [0.3, 0.4) is 0 Å². The maximum absolute atomic E-state index is 8.59. The number of furan rings is 1. The Balaban J connectivity index is 0.000000196. The van der Waals surface area contributed by atoms with E-state index in [0.717, 1.165) is 72.5 Å². The molecule has 0 saturated carbocycles. The van der Waals surface area contributed by atoms with Gasteiger partial charge in [-0.2, -0.15) is 0 Å². The Labute approximate surface area is 362 Å². The molecular weight excluding hydrogens is 887 g/mol. The molecule has 3 heterocycles.